The molecular weight excluding hydrogens is 404 g/mol. The van der Waals surface area contributed by atoms with Crippen molar-refractivity contribution in [1.82, 2.24) is 9.80 Å². The zero-order chi connectivity index (χ0) is 21.1. The first-order valence-electron chi connectivity index (χ1n) is 10.1. The van der Waals surface area contributed by atoms with Gasteiger partial charge in [0.2, 0.25) is 5.91 Å². The van der Waals surface area contributed by atoms with Gasteiger partial charge in [-0.1, -0.05) is 6.07 Å². The van der Waals surface area contributed by atoms with E-state index in [4.69, 9.17) is 0 Å². The van der Waals surface area contributed by atoms with Crippen LogP contribution in [0.5, 0.6) is 0 Å². The van der Waals surface area contributed by atoms with E-state index < -0.39 is 4.92 Å². The fourth-order valence-corrected chi connectivity index (χ4v) is 4.80. The lowest BCUT2D eigenvalue weighted by Gasteiger charge is -2.39. The second-order valence-electron chi connectivity index (χ2n) is 7.63. The van der Waals surface area contributed by atoms with E-state index in [0.29, 0.717) is 52.1 Å². The molecule has 0 saturated carbocycles. The Bertz CT molecular complexity index is 900. The molecule has 0 bridgehead atoms. The molecule has 0 spiro atoms. The summed E-state index contributed by atoms with van der Waals surface area (Å²) in [6.45, 7) is 3.94. The van der Waals surface area contributed by atoms with Crippen LogP contribution in [0.4, 0.5) is 11.4 Å². The van der Waals surface area contributed by atoms with Crippen LogP contribution in [0.3, 0.4) is 0 Å². The molecule has 3 heterocycles. The van der Waals surface area contributed by atoms with E-state index in [-0.39, 0.29) is 23.4 Å². The van der Waals surface area contributed by atoms with E-state index in [9.17, 15) is 19.7 Å². The van der Waals surface area contributed by atoms with Gasteiger partial charge in [0.15, 0.2) is 0 Å². The van der Waals surface area contributed by atoms with Gasteiger partial charge in [0.05, 0.1) is 9.80 Å². The maximum atomic E-state index is 13.0. The van der Waals surface area contributed by atoms with Gasteiger partial charge in [-0.15, -0.1) is 11.3 Å². The van der Waals surface area contributed by atoms with Crippen LogP contribution in [0.2, 0.25) is 0 Å². The summed E-state index contributed by atoms with van der Waals surface area (Å²) < 4.78 is 0. The number of carbonyl (C=O) groups excluding carboxylic acids is 2. The molecule has 0 atom stereocenters. The minimum Gasteiger partial charge on any atom is -0.368 e. The number of thiophene rings is 1. The van der Waals surface area contributed by atoms with Crippen molar-refractivity contribution in [3.63, 3.8) is 0 Å². The maximum absolute atomic E-state index is 13.0. The van der Waals surface area contributed by atoms with Crippen molar-refractivity contribution in [2.75, 3.05) is 44.2 Å². The van der Waals surface area contributed by atoms with Crippen molar-refractivity contribution >= 4 is 34.5 Å². The quantitative estimate of drug-likeness (QED) is 0.552. The van der Waals surface area contributed by atoms with Gasteiger partial charge in [0.1, 0.15) is 0 Å². The molecule has 2 amide bonds. The summed E-state index contributed by atoms with van der Waals surface area (Å²) in [6, 6.07) is 10.3. The van der Waals surface area contributed by atoms with Crippen LogP contribution in [0.1, 0.15) is 22.5 Å². The Morgan fingerprint density at radius 2 is 1.60 bits per heavy atom. The lowest BCUT2D eigenvalue weighted by Crippen LogP contribution is -2.52. The number of piperidine rings is 1. The number of carbonyl (C=O) groups is 2. The maximum Gasteiger partial charge on any atom is 0.269 e. The number of hydrogen-bond acceptors (Lipinski definition) is 6. The third-order valence-electron chi connectivity index (χ3n) is 5.88. The van der Waals surface area contributed by atoms with Crippen LogP contribution in [0.15, 0.2) is 41.8 Å². The number of nitro benzene ring substituents is 1. The van der Waals surface area contributed by atoms with Gasteiger partial charge in [0.25, 0.3) is 11.6 Å². The number of likely N-dealkylation sites (tertiary alicyclic amines) is 1. The van der Waals surface area contributed by atoms with Crippen molar-refractivity contribution < 1.29 is 14.5 Å². The standard InChI is InChI=1S/C21H24N4O4S/c26-20(16-7-9-23(10-8-16)21(27)19-2-1-15-30-19)24-13-11-22(12-14-24)17-3-5-18(6-4-17)25(28)29/h1-6,15-16H,7-14H2. The number of benzene rings is 1. The van der Waals surface area contributed by atoms with Gasteiger partial charge in [-0.05, 0) is 36.4 Å². The molecule has 2 aliphatic heterocycles. The van der Waals surface area contributed by atoms with Crippen molar-refractivity contribution in [2.24, 2.45) is 5.92 Å². The Balaban J connectivity index is 1.26. The lowest BCUT2D eigenvalue weighted by molar-refractivity contribution is -0.384. The monoisotopic (exact) mass is 428 g/mol. The second-order valence-corrected chi connectivity index (χ2v) is 8.58. The van der Waals surface area contributed by atoms with Gasteiger partial charge in [-0.25, -0.2) is 0 Å². The number of nitro groups is 1. The van der Waals surface area contributed by atoms with Gasteiger partial charge >= 0.3 is 0 Å². The molecule has 2 aliphatic rings. The number of amides is 2. The van der Waals surface area contributed by atoms with Crippen LogP contribution in [0.25, 0.3) is 0 Å². The van der Waals surface area contributed by atoms with Crippen molar-refractivity contribution in [3.8, 4) is 0 Å². The van der Waals surface area contributed by atoms with Gasteiger partial charge in [0, 0.05) is 63.0 Å². The summed E-state index contributed by atoms with van der Waals surface area (Å²) in [7, 11) is 0. The summed E-state index contributed by atoms with van der Waals surface area (Å²) in [5.74, 6) is 0.220. The minimum absolute atomic E-state index is 0.0247. The normalized spacial score (nSPS) is 17.8. The van der Waals surface area contributed by atoms with Crippen LogP contribution in [-0.4, -0.2) is 65.8 Å². The molecule has 30 heavy (non-hydrogen) atoms. The van der Waals surface area contributed by atoms with E-state index in [2.05, 4.69) is 4.90 Å². The van der Waals surface area contributed by atoms with E-state index in [0.717, 1.165) is 10.6 Å². The van der Waals surface area contributed by atoms with Crippen molar-refractivity contribution in [3.05, 3.63) is 56.8 Å². The molecule has 2 fully saturated rings. The zero-order valence-corrected chi connectivity index (χ0v) is 17.4. The lowest BCUT2D eigenvalue weighted by atomic mass is 9.94. The third-order valence-corrected chi connectivity index (χ3v) is 6.74. The van der Waals surface area contributed by atoms with Crippen LogP contribution in [-0.2, 0) is 4.79 Å². The van der Waals surface area contributed by atoms with E-state index >= 15 is 0 Å². The second kappa shape index (κ2) is 8.83. The fraction of sp³-hybridized carbons (Fsp3) is 0.429. The molecular formula is C21H24N4O4S. The molecule has 9 heteroatoms. The van der Waals surface area contributed by atoms with E-state index in [1.165, 1.54) is 23.5 Å². The molecule has 0 N–H and O–H groups in total. The van der Waals surface area contributed by atoms with Gasteiger partial charge in [-0.2, -0.15) is 0 Å². The number of piperazine rings is 1. The Labute approximate surface area is 178 Å². The van der Waals surface area contributed by atoms with Crippen LogP contribution >= 0.6 is 11.3 Å². The molecule has 0 aliphatic carbocycles. The minimum atomic E-state index is -0.403. The molecule has 1 aromatic heterocycles. The molecule has 2 saturated heterocycles. The summed E-state index contributed by atoms with van der Waals surface area (Å²) in [6.07, 6.45) is 1.41. The first kappa shape index (κ1) is 20.3. The SMILES string of the molecule is O=C(c1cccs1)N1CCC(C(=O)N2CCN(c3ccc([N+](=O)[O-])cc3)CC2)CC1. The molecule has 2 aromatic rings. The highest BCUT2D eigenvalue weighted by atomic mass is 32.1. The Hall–Kier alpha value is -2.94. The summed E-state index contributed by atoms with van der Waals surface area (Å²) >= 11 is 1.45. The van der Waals surface area contributed by atoms with Crippen molar-refractivity contribution in [1.29, 1.82) is 0 Å². The first-order chi connectivity index (χ1) is 14.5. The molecule has 4 rings (SSSR count). The van der Waals surface area contributed by atoms with Crippen LogP contribution in [0, 0.1) is 16.0 Å². The predicted octanol–water partition coefficient (Wildman–Crippen LogP) is 2.86. The molecule has 1 aromatic carbocycles. The molecule has 158 valence electrons. The number of rotatable bonds is 4. The molecule has 8 nitrogen and oxygen atoms in total. The summed E-state index contributed by atoms with van der Waals surface area (Å²) in [5.41, 5.74) is 1.02. The number of hydrogen-bond donors (Lipinski definition) is 0. The highest BCUT2D eigenvalue weighted by Gasteiger charge is 2.32. The zero-order valence-electron chi connectivity index (χ0n) is 16.6. The summed E-state index contributed by atoms with van der Waals surface area (Å²) in [5, 5.41) is 12.7. The Kier molecular flexibility index (Phi) is 5.98. The average Bonchev–Trinajstić information content (AvgIpc) is 3.33. The van der Waals surface area contributed by atoms with Crippen molar-refractivity contribution in [2.45, 2.75) is 12.8 Å². The third kappa shape index (κ3) is 4.30. The Morgan fingerprint density at radius 1 is 0.933 bits per heavy atom. The molecule has 0 unspecified atom stereocenters. The number of non-ortho nitro benzene ring substituents is 1. The largest absolute Gasteiger partial charge is 0.368 e. The van der Waals surface area contributed by atoms with Gasteiger partial charge in [-0.3, -0.25) is 19.7 Å². The van der Waals surface area contributed by atoms with Crippen LogP contribution < -0.4 is 4.90 Å². The number of anilines is 1. The molecule has 0 radical (unpaired) electrons. The summed E-state index contributed by atoms with van der Waals surface area (Å²) in [4.78, 5) is 42.5. The fourth-order valence-electron chi connectivity index (χ4n) is 4.11. The topological polar surface area (TPSA) is 87.0 Å². The highest BCUT2D eigenvalue weighted by Crippen LogP contribution is 2.25. The Morgan fingerprint density at radius 3 is 2.17 bits per heavy atom. The average molecular weight is 429 g/mol. The highest BCUT2D eigenvalue weighted by molar-refractivity contribution is 7.12. The van der Waals surface area contributed by atoms with E-state index in [1.54, 1.807) is 12.1 Å². The first-order valence-corrected chi connectivity index (χ1v) is 11.0. The predicted molar refractivity (Wildman–Crippen MR) is 115 cm³/mol. The van der Waals surface area contributed by atoms with Gasteiger partial charge < -0.3 is 14.7 Å². The van der Waals surface area contributed by atoms with E-state index in [1.807, 2.05) is 27.3 Å². The smallest absolute Gasteiger partial charge is 0.269 e. The number of nitrogens with zero attached hydrogens (tertiary/aromatic N) is 4.